The maximum Gasteiger partial charge on any atom is 0.164 e. The normalized spacial score (nSPS) is 11.9. The molecule has 0 bridgehead atoms. The van der Waals surface area contributed by atoms with Crippen LogP contribution in [0.3, 0.4) is 0 Å². The first-order valence-corrected chi connectivity index (χ1v) is 17.0. The summed E-state index contributed by atoms with van der Waals surface area (Å²) in [4.78, 5) is 14.8. The van der Waals surface area contributed by atoms with E-state index < -0.39 is 0 Å². The van der Waals surface area contributed by atoms with Gasteiger partial charge in [-0.25, -0.2) is 15.0 Å². The van der Waals surface area contributed by atoms with Gasteiger partial charge < -0.3 is 13.4 Å². The van der Waals surface area contributed by atoms with Gasteiger partial charge in [-0.2, -0.15) is 0 Å². The maximum atomic E-state index is 6.80. The molecular formula is C45H26N4O2. The van der Waals surface area contributed by atoms with Crippen molar-refractivity contribution >= 4 is 65.7 Å². The Morgan fingerprint density at radius 3 is 1.41 bits per heavy atom. The fraction of sp³-hybridized carbons (Fsp3) is 0. The van der Waals surface area contributed by atoms with E-state index in [0.29, 0.717) is 17.5 Å². The zero-order valence-electron chi connectivity index (χ0n) is 27.1. The lowest BCUT2D eigenvalue weighted by Crippen LogP contribution is -2.00. The molecule has 0 atom stereocenters. The van der Waals surface area contributed by atoms with Gasteiger partial charge in [0.2, 0.25) is 0 Å². The zero-order valence-corrected chi connectivity index (χ0v) is 27.1. The van der Waals surface area contributed by atoms with E-state index in [0.717, 1.165) is 88.1 Å². The molecule has 11 aromatic rings. The number of rotatable bonds is 4. The SMILES string of the molecule is c1ccc(-c2nc(-c3ccccc3)nc(-c3ccc(-n4c5ccccc5c5c6oc7ccccc7c6c6c7ccccc7oc6c54)cc3)n2)cc1. The van der Waals surface area contributed by atoms with Crippen LogP contribution < -0.4 is 0 Å². The van der Waals surface area contributed by atoms with Crippen molar-refractivity contribution in [3.8, 4) is 39.9 Å². The number of hydrogen-bond acceptors (Lipinski definition) is 5. The van der Waals surface area contributed by atoms with Gasteiger partial charge in [-0.3, -0.25) is 0 Å². The van der Waals surface area contributed by atoms with E-state index in [2.05, 4.69) is 77.4 Å². The van der Waals surface area contributed by atoms with E-state index in [1.807, 2.05) is 84.9 Å². The lowest BCUT2D eigenvalue weighted by atomic mass is 10.0. The summed E-state index contributed by atoms with van der Waals surface area (Å²) in [5, 5.41) is 6.41. The minimum absolute atomic E-state index is 0.611. The topological polar surface area (TPSA) is 69.9 Å². The van der Waals surface area contributed by atoms with E-state index in [-0.39, 0.29) is 0 Å². The molecule has 0 N–H and O–H groups in total. The Morgan fingerprint density at radius 2 is 0.824 bits per heavy atom. The monoisotopic (exact) mass is 654 g/mol. The molecule has 6 heteroatoms. The number of nitrogens with zero attached hydrogens (tertiary/aromatic N) is 4. The molecular weight excluding hydrogens is 629 g/mol. The summed E-state index contributed by atoms with van der Waals surface area (Å²) in [6.07, 6.45) is 0. The average molecular weight is 655 g/mol. The van der Waals surface area contributed by atoms with Crippen LogP contribution in [0.5, 0.6) is 0 Å². The summed E-state index contributed by atoms with van der Waals surface area (Å²) < 4.78 is 15.8. The fourth-order valence-electron chi connectivity index (χ4n) is 7.58. The molecule has 0 aliphatic carbocycles. The highest BCUT2D eigenvalue weighted by Gasteiger charge is 2.26. The van der Waals surface area contributed by atoms with Crippen LogP contribution in [0.25, 0.3) is 106 Å². The Morgan fingerprint density at radius 1 is 0.373 bits per heavy atom. The second-order valence-electron chi connectivity index (χ2n) is 12.8. The van der Waals surface area contributed by atoms with E-state index in [1.54, 1.807) is 0 Å². The third kappa shape index (κ3) is 4.14. The van der Waals surface area contributed by atoms with E-state index in [9.17, 15) is 0 Å². The van der Waals surface area contributed by atoms with Crippen molar-refractivity contribution in [2.45, 2.75) is 0 Å². The molecule has 0 saturated heterocycles. The molecule has 11 rings (SSSR count). The molecule has 0 spiro atoms. The van der Waals surface area contributed by atoms with Crippen LogP contribution >= 0.6 is 0 Å². The molecule has 4 heterocycles. The van der Waals surface area contributed by atoms with E-state index >= 15 is 0 Å². The first-order valence-electron chi connectivity index (χ1n) is 17.0. The highest BCUT2D eigenvalue weighted by Crippen LogP contribution is 2.48. The van der Waals surface area contributed by atoms with Crippen LogP contribution in [0.2, 0.25) is 0 Å². The Bertz CT molecular complexity index is 3060. The third-order valence-electron chi connectivity index (χ3n) is 9.84. The number of para-hydroxylation sites is 3. The van der Waals surface area contributed by atoms with Crippen LogP contribution in [0.1, 0.15) is 0 Å². The minimum Gasteiger partial charge on any atom is -0.455 e. The summed E-state index contributed by atoms with van der Waals surface area (Å²) in [5.41, 5.74) is 9.19. The van der Waals surface area contributed by atoms with Crippen molar-refractivity contribution in [3.63, 3.8) is 0 Å². The van der Waals surface area contributed by atoms with Crippen LogP contribution in [0.4, 0.5) is 0 Å². The maximum absolute atomic E-state index is 6.80. The highest BCUT2D eigenvalue weighted by molar-refractivity contribution is 6.38. The quantitative estimate of drug-likeness (QED) is 0.189. The van der Waals surface area contributed by atoms with Gasteiger partial charge in [0.15, 0.2) is 23.1 Å². The van der Waals surface area contributed by atoms with E-state index in [4.69, 9.17) is 23.8 Å². The molecule has 0 unspecified atom stereocenters. The predicted molar refractivity (Wildman–Crippen MR) is 205 cm³/mol. The standard InChI is InChI=1S/C45H26N4O2/c1-3-13-27(14-4-1)43-46-44(28-15-5-2-6-16-28)48-45(47-43)29-23-25-30(26-24-29)49-34-20-10-7-17-31(34)39-40(49)42-38(33-19-9-12-22-36(33)51-42)37-32-18-8-11-21-35(32)50-41(37)39/h1-26H. The largest absolute Gasteiger partial charge is 0.455 e. The van der Waals surface area contributed by atoms with Gasteiger partial charge in [0.05, 0.1) is 10.9 Å². The summed E-state index contributed by atoms with van der Waals surface area (Å²) in [6.45, 7) is 0. The molecule has 0 amide bonds. The van der Waals surface area contributed by atoms with Gasteiger partial charge in [0.25, 0.3) is 0 Å². The molecule has 0 aliphatic rings. The number of hydrogen-bond donors (Lipinski definition) is 0. The van der Waals surface area contributed by atoms with Gasteiger partial charge >= 0.3 is 0 Å². The Hall–Kier alpha value is -7.05. The molecule has 0 aliphatic heterocycles. The van der Waals surface area contributed by atoms with Crippen molar-refractivity contribution in [2.24, 2.45) is 0 Å². The molecule has 238 valence electrons. The number of furan rings is 2. The van der Waals surface area contributed by atoms with Crippen molar-refractivity contribution in [2.75, 3.05) is 0 Å². The highest BCUT2D eigenvalue weighted by atomic mass is 16.3. The summed E-state index contributed by atoms with van der Waals surface area (Å²) in [5.74, 6) is 1.88. The van der Waals surface area contributed by atoms with Crippen LogP contribution in [0, 0.1) is 0 Å². The molecule has 7 aromatic carbocycles. The summed E-state index contributed by atoms with van der Waals surface area (Å²) >= 11 is 0. The Labute approximate surface area is 290 Å². The smallest absolute Gasteiger partial charge is 0.164 e. The number of fused-ring (bicyclic) bond motifs is 12. The van der Waals surface area contributed by atoms with E-state index in [1.165, 1.54) is 0 Å². The van der Waals surface area contributed by atoms with Crippen LogP contribution in [-0.2, 0) is 0 Å². The first kappa shape index (κ1) is 27.9. The molecule has 0 fully saturated rings. The summed E-state index contributed by atoms with van der Waals surface area (Å²) in [7, 11) is 0. The zero-order chi connectivity index (χ0) is 33.5. The predicted octanol–water partition coefficient (Wildman–Crippen LogP) is 11.8. The molecule has 6 nitrogen and oxygen atoms in total. The van der Waals surface area contributed by atoms with Crippen molar-refractivity contribution < 1.29 is 8.83 Å². The van der Waals surface area contributed by atoms with Crippen LogP contribution in [0.15, 0.2) is 167 Å². The van der Waals surface area contributed by atoms with Gasteiger partial charge in [0, 0.05) is 49.3 Å². The van der Waals surface area contributed by atoms with Crippen molar-refractivity contribution in [3.05, 3.63) is 158 Å². The van der Waals surface area contributed by atoms with Gasteiger partial charge in [-0.05, 0) is 42.5 Å². The van der Waals surface area contributed by atoms with Crippen LogP contribution in [-0.4, -0.2) is 19.5 Å². The molecule has 51 heavy (non-hydrogen) atoms. The lowest BCUT2D eigenvalue weighted by Gasteiger charge is -2.11. The second kappa shape index (κ2) is 10.7. The number of benzene rings is 7. The average Bonchev–Trinajstić information content (AvgIpc) is 3.88. The Kier molecular flexibility index (Phi) is 5.86. The second-order valence-corrected chi connectivity index (χ2v) is 12.8. The lowest BCUT2D eigenvalue weighted by molar-refractivity contribution is 0.667. The third-order valence-corrected chi connectivity index (χ3v) is 9.84. The fourth-order valence-corrected chi connectivity index (χ4v) is 7.58. The minimum atomic E-state index is 0.611. The summed E-state index contributed by atoms with van der Waals surface area (Å²) in [6, 6.07) is 53.6. The van der Waals surface area contributed by atoms with Crippen molar-refractivity contribution in [1.82, 2.24) is 19.5 Å². The van der Waals surface area contributed by atoms with Gasteiger partial charge in [0.1, 0.15) is 22.3 Å². The van der Waals surface area contributed by atoms with Gasteiger partial charge in [-0.15, -0.1) is 0 Å². The molecule has 0 saturated carbocycles. The Balaban J connectivity index is 1.17. The number of aromatic nitrogens is 4. The van der Waals surface area contributed by atoms with Gasteiger partial charge in [-0.1, -0.05) is 115 Å². The first-order chi connectivity index (χ1) is 25.3. The van der Waals surface area contributed by atoms with Crippen molar-refractivity contribution in [1.29, 1.82) is 0 Å². The molecule has 4 aromatic heterocycles. The molecule has 0 radical (unpaired) electrons.